The molecular formula is C35H48N4O8. The van der Waals surface area contributed by atoms with Crippen molar-refractivity contribution >= 4 is 23.7 Å². The molecule has 4 heterocycles. The molecule has 12 heteroatoms. The molecule has 0 saturated carbocycles. The summed E-state index contributed by atoms with van der Waals surface area (Å²) in [7, 11) is 0. The largest absolute Gasteiger partial charge is 0.455 e. The van der Waals surface area contributed by atoms with Crippen molar-refractivity contribution in [3.05, 3.63) is 61.2 Å². The number of amides is 3. The smallest absolute Gasteiger partial charge is 0.313 e. The highest BCUT2D eigenvalue weighted by atomic mass is 16.6. The second-order valence-electron chi connectivity index (χ2n) is 12.8. The van der Waals surface area contributed by atoms with Crippen LogP contribution in [0.15, 0.2) is 55.6 Å². The van der Waals surface area contributed by atoms with Crippen LogP contribution in [0.5, 0.6) is 0 Å². The molecule has 1 aromatic carbocycles. The first-order chi connectivity index (χ1) is 22.7. The molecular weight excluding hydrogens is 604 g/mol. The maximum absolute atomic E-state index is 14.4. The third-order valence-corrected chi connectivity index (χ3v) is 9.89. The van der Waals surface area contributed by atoms with Crippen LogP contribution in [0.4, 0.5) is 0 Å². The van der Waals surface area contributed by atoms with Crippen LogP contribution in [-0.2, 0) is 33.4 Å². The van der Waals surface area contributed by atoms with E-state index in [4.69, 9.17) is 14.2 Å². The SMILES string of the molecule is C=CCCC(=O)N[C@@H](C)[C@H](OC(=O)[C@@H]1[C@H]2C(=O)N(CCO)[C@H](C(=O)N(CC=C)CCN3CCOCC3)[C@]23CC[C@H]1O3)c1ccccc1. The van der Waals surface area contributed by atoms with E-state index in [-0.39, 0.29) is 37.9 Å². The van der Waals surface area contributed by atoms with Crippen molar-refractivity contribution in [3.8, 4) is 0 Å². The molecule has 4 saturated heterocycles. The molecule has 4 aliphatic rings. The molecule has 0 unspecified atom stereocenters. The zero-order valence-electron chi connectivity index (χ0n) is 27.3. The Hall–Kier alpha value is -3.58. The van der Waals surface area contributed by atoms with Gasteiger partial charge in [0.25, 0.3) is 0 Å². The van der Waals surface area contributed by atoms with Crippen molar-refractivity contribution in [2.75, 3.05) is 59.1 Å². The van der Waals surface area contributed by atoms with Crippen LogP contribution < -0.4 is 5.32 Å². The highest BCUT2D eigenvalue weighted by Gasteiger charge is 2.75. The lowest BCUT2D eigenvalue weighted by Crippen LogP contribution is -2.57. The summed E-state index contributed by atoms with van der Waals surface area (Å²) in [4.78, 5) is 60.6. The maximum Gasteiger partial charge on any atom is 0.313 e. The fraction of sp³-hybridized carbons (Fsp3) is 0.600. The predicted molar refractivity (Wildman–Crippen MR) is 173 cm³/mol. The number of carbonyl (C=O) groups is 4. The molecule has 7 atom stereocenters. The minimum Gasteiger partial charge on any atom is -0.455 e. The maximum atomic E-state index is 14.4. The van der Waals surface area contributed by atoms with E-state index in [0.717, 1.165) is 13.1 Å². The lowest BCUT2D eigenvalue weighted by Gasteiger charge is -2.37. The van der Waals surface area contributed by atoms with Gasteiger partial charge in [-0.05, 0) is 31.7 Å². The van der Waals surface area contributed by atoms with Crippen molar-refractivity contribution < 1.29 is 38.5 Å². The van der Waals surface area contributed by atoms with E-state index < -0.39 is 53.6 Å². The molecule has 2 bridgehead atoms. The molecule has 256 valence electrons. The number of rotatable bonds is 16. The van der Waals surface area contributed by atoms with Gasteiger partial charge in [0.2, 0.25) is 17.7 Å². The zero-order chi connectivity index (χ0) is 33.6. The monoisotopic (exact) mass is 652 g/mol. The standard InChI is InChI=1S/C35H48N4O8/c1-4-6-12-27(41)36-24(3)30(25-10-8-7-9-11-25)46-34(44)28-26-13-14-35(47-26)29(28)32(42)39(18-21-40)31(35)33(43)38(15-5-2)17-16-37-19-22-45-23-20-37/h4-5,7-11,24,26,28-31,40H,1-2,6,12-23H2,3H3,(H,36,41)/t24-,26+,28-,29-,30-,31+,35-/m0/s1. The number of hydrogen-bond acceptors (Lipinski definition) is 9. The number of nitrogens with zero attached hydrogens (tertiary/aromatic N) is 3. The van der Waals surface area contributed by atoms with E-state index in [1.807, 2.05) is 30.3 Å². The van der Waals surface area contributed by atoms with Gasteiger partial charge in [-0.2, -0.15) is 0 Å². The Bertz CT molecular complexity index is 1300. The van der Waals surface area contributed by atoms with Gasteiger partial charge in [0.05, 0.1) is 43.8 Å². The van der Waals surface area contributed by atoms with Crippen LogP contribution in [0.3, 0.4) is 0 Å². The third kappa shape index (κ3) is 7.15. The molecule has 1 aromatic rings. The number of fused-ring (bicyclic) bond motifs is 1. The van der Waals surface area contributed by atoms with E-state index >= 15 is 0 Å². The first-order valence-electron chi connectivity index (χ1n) is 16.7. The highest BCUT2D eigenvalue weighted by molar-refractivity contribution is 5.98. The summed E-state index contributed by atoms with van der Waals surface area (Å²) in [6, 6.07) is 7.60. The van der Waals surface area contributed by atoms with Crippen LogP contribution in [0, 0.1) is 11.8 Å². The van der Waals surface area contributed by atoms with Crippen LogP contribution >= 0.6 is 0 Å². The van der Waals surface area contributed by atoms with Crippen molar-refractivity contribution in [2.24, 2.45) is 11.8 Å². The third-order valence-electron chi connectivity index (χ3n) is 9.89. The first kappa shape index (κ1) is 34.7. The number of hydrogen-bond donors (Lipinski definition) is 2. The summed E-state index contributed by atoms with van der Waals surface area (Å²) in [5, 5.41) is 12.9. The summed E-state index contributed by atoms with van der Waals surface area (Å²) in [5.41, 5.74) is -0.521. The number of carbonyl (C=O) groups excluding carboxylic acids is 4. The minimum absolute atomic E-state index is 0.0604. The Balaban J connectivity index is 1.39. The van der Waals surface area contributed by atoms with E-state index in [0.29, 0.717) is 51.1 Å². The van der Waals surface area contributed by atoms with Gasteiger partial charge in [0.15, 0.2) is 0 Å². The second kappa shape index (κ2) is 15.5. The number of β-amino-alcohol motifs (C(OH)–C–C–N with tert-alkyl or cyclic N) is 1. The Labute approximate surface area is 276 Å². The molecule has 2 N–H and O–H groups in total. The molecule has 4 fully saturated rings. The lowest BCUT2D eigenvalue weighted by atomic mass is 9.70. The van der Waals surface area contributed by atoms with Gasteiger partial charge in [0, 0.05) is 45.7 Å². The minimum atomic E-state index is -1.22. The molecule has 12 nitrogen and oxygen atoms in total. The van der Waals surface area contributed by atoms with Crippen LogP contribution in [0.1, 0.15) is 44.3 Å². The first-order valence-corrected chi connectivity index (χ1v) is 16.7. The Morgan fingerprint density at radius 2 is 1.91 bits per heavy atom. The number of aliphatic hydroxyl groups is 1. The zero-order valence-corrected chi connectivity index (χ0v) is 27.3. The van der Waals surface area contributed by atoms with Gasteiger partial charge in [-0.3, -0.25) is 24.1 Å². The molecule has 1 spiro atoms. The Morgan fingerprint density at radius 3 is 2.60 bits per heavy atom. The van der Waals surface area contributed by atoms with Gasteiger partial charge in [-0.1, -0.05) is 42.5 Å². The van der Waals surface area contributed by atoms with E-state index in [1.54, 1.807) is 24.0 Å². The number of nitrogens with one attached hydrogen (secondary N) is 1. The topological polar surface area (TPSA) is 138 Å². The van der Waals surface area contributed by atoms with E-state index in [2.05, 4.69) is 23.4 Å². The molecule has 4 aliphatic heterocycles. The summed E-state index contributed by atoms with van der Waals surface area (Å²) >= 11 is 0. The Morgan fingerprint density at radius 1 is 1.17 bits per heavy atom. The van der Waals surface area contributed by atoms with Crippen LogP contribution in [-0.4, -0.2) is 126 Å². The molecule has 0 radical (unpaired) electrons. The summed E-state index contributed by atoms with van der Waals surface area (Å²) in [6.07, 6.45) is 3.60. The lowest BCUT2D eigenvalue weighted by molar-refractivity contribution is -0.162. The quantitative estimate of drug-likeness (QED) is 0.201. The number of benzene rings is 1. The Kier molecular flexibility index (Phi) is 11.5. The van der Waals surface area contributed by atoms with E-state index in [9.17, 15) is 24.3 Å². The van der Waals surface area contributed by atoms with Crippen molar-refractivity contribution in [2.45, 2.75) is 62.5 Å². The number of likely N-dealkylation sites (tertiary alicyclic amines) is 1. The molecule has 0 aromatic heterocycles. The highest BCUT2D eigenvalue weighted by Crippen LogP contribution is 2.59. The normalized spacial score (nSPS) is 28.0. The molecule has 3 amide bonds. The number of aliphatic hydroxyl groups excluding tert-OH is 1. The average molecular weight is 653 g/mol. The van der Waals surface area contributed by atoms with Gasteiger partial charge in [-0.15, -0.1) is 13.2 Å². The van der Waals surface area contributed by atoms with Gasteiger partial charge >= 0.3 is 5.97 Å². The molecule has 0 aliphatic carbocycles. The fourth-order valence-corrected chi connectivity index (χ4v) is 7.70. The summed E-state index contributed by atoms with van der Waals surface area (Å²) < 4.78 is 18.2. The fourth-order valence-electron chi connectivity index (χ4n) is 7.70. The predicted octanol–water partition coefficient (Wildman–Crippen LogP) is 1.46. The summed E-state index contributed by atoms with van der Waals surface area (Å²) in [5.74, 6) is -3.35. The van der Waals surface area contributed by atoms with Crippen molar-refractivity contribution in [3.63, 3.8) is 0 Å². The second-order valence-corrected chi connectivity index (χ2v) is 12.8. The molecule has 47 heavy (non-hydrogen) atoms. The van der Waals surface area contributed by atoms with Crippen LogP contribution in [0.2, 0.25) is 0 Å². The molecule has 5 rings (SSSR count). The number of esters is 1. The number of ether oxygens (including phenoxy) is 3. The van der Waals surface area contributed by atoms with Gasteiger partial charge in [0.1, 0.15) is 17.7 Å². The summed E-state index contributed by atoms with van der Waals surface area (Å²) in [6.45, 7) is 13.1. The van der Waals surface area contributed by atoms with Gasteiger partial charge < -0.3 is 34.4 Å². The van der Waals surface area contributed by atoms with Crippen molar-refractivity contribution in [1.82, 2.24) is 20.0 Å². The van der Waals surface area contributed by atoms with Crippen molar-refractivity contribution in [1.29, 1.82) is 0 Å². The van der Waals surface area contributed by atoms with E-state index in [1.165, 1.54) is 4.90 Å². The van der Waals surface area contributed by atoms with Crippen LogP contribution in [0.25, 0.3) is 0 Å². The number of morpholine rings is 1. The average Bonchev–Trinajstić information content (AvgIpc) is 3.72. The number of allylic oxidation sites excluding steroid dienone is 1. The van der Waals surface area contributed by atoms with Gasteiger partial charge in [-0.25, -0.2) is 0 Å².